The molecule has 0 atom stereocenters. The van der Waals surface area contributed by atoms with Gasteiger partial charge in [0, 0.05) is 19.6 Å². The number of carbonyl (C=O) groups is 1. The van der Waals surface area contributed by atoms with Crippen molar-refractivity contribution in [3.05, 3.63) is 0 Å². The summed E-state index contributed by atoms with van der Waals surface area (Å²) in [6.07, 6.45) is 2.29. The van der Waals surface area contributed by atoms with Crippen LogP contribution in [0.25, 0.3) is 0 Å². The second-order valence-electron chi connectivity index (χ2n) is 4.67. The molecule has 8 nitrogen and oxygen atoms in total. The van der Waals surface area contributed by atoms with E-state index in [0.717, 1.165) is 32.5 Å². The predicted molar refractivity (Wildman–Crippen MR) is 80.6 cm³/mol. The topological polar surface area (TPSA) is 92.3 Å². The van der Waals surface area contributed by atoms with E-state index in [1.165, 1.54) is 0 Å². The second-order valence-corrected chi connectivity index (χ2v) is 4.67. The third kappa shape index (κ3) is 4.44. The maximum Gasteiger partial charge on any atom is 0.325 e. The molecule has 116 valence electrons. The van der Waals surface area contributed by atoms with Gasteiger partial charge in [-0.2, -0.15) is 15.0 Å². The Labute approximate surface area is 124 Å². The van der Waals surface area contributed by atoms with Crippen molar-refractivity contribution in [2.24, 2.45) is 0 Å². The van der Waals surface area contributed by atoms with Gasteiger partial charge < -0.3 is 20.3 Å². The van der Waals surface area contributed by atoms with E-state index in [1.54, 1.807) is 6.92 Å². The van der Waals surface area contributed by atoms with E-state index in [4.69, 9.17) is 4.74 Å². The molecule has 2 heterocycles. The molecule has 1 aliphatic heterocycles. The summed E-state index contributed by atoms with van der Waals surface area (Å²) in [5.74, 6) is 1.21. The smallest absolute Gasteiger partial charge is 0.325 e. The summed E-state index contributed by atoms with van der Waals surface area (Å²) in [6, 6.07) is 0. The molecule has 0 amide bonds. The van der Waals surface area contributed by atoms with Gasteiger partial charge in [0.15, 0.2) is 0 Å². The molecular weight excluding hydrogens is 272 g/mol. The number of anilines is 3. The van der Waals surface area contributed by atoms with Crippen molar-refractivity contribution < 1.29 is 9.53 Å². The van der Waals surface area contributed by atoms with Crippen LogP contribution in [0.1, 0.15) is 26.7 Å². The van der Waals surface area contributed by atoms with E-state index in [2.05, 4.69) is 30.5 Å². The highest BCUT2D eigenvalue weighted by molar-refractivity contribution is 5.74. The van der Waals surface area contributed by atoms with E-state index >= 15 is 0 Å². The van der Waals surface area contributed by atoms with Gasteiger partial charge in [-0.05, 0) is 26.7 Å². The summed E-state index contributed by atoms with van der Waals surface area (Å²) < 4.78 is 4.87. The first-order valence-corrected chi connectivity index (χ1v) is 7.37. The molecule has 21 heavy (non-hydrogen) atoms. The zero-order valence-electron chi connectivity index (χ0n) is 12.6. The van der Waals surface area contributed by atoms with Gasteiger partial charge in [-0.1, -0.05) is 0 Å². The summed E-state index contributed by atoms with van der Waals surface area (Å²) in [5.41, 5.74) is 0. The van der Waals surface area contributed by atoms with Crippen LogP contribution in [0.3, 0.4) is 0 Å². The number of hydrogen-bond donors (Lipinski definition) is 2. The van der Waals surface area contributed by atoms with Crippen molar-refractivity contribution >= 4 is 23.8 Å². The van der Waals surface area contributed by atoms with E-state index in [9.17, 15) is 4.79 Å². The first-order valence-electron chi connectivity index (χ1n) is 7.37. The first-order chi connectivity index (χ1) is 10.2. The average Bonchev–Trinajstić information content (AvgIpc) is 3.00. The van der Waals surface area contributed by atoms with Crippen molar-refractivity contribution in [3.63, 3.8) is 0 Å². The number of aromatic nitrogens is 3. The summed E-state index contributed by atoms with van der Waals surface area (Å²) in [6.45, 7) is 6.78. The van der Waals surface area contributed by atoms with Crippen LogP contribution >= 0.6 is 0 Å². The molecule has 0 radical (unpaired) electrons. The molecule has 0 bridgehead atoms. The van der Waals surface area contributed by atoms with Crippen LogP contribution in [0.4, 0.5) is 17.8 Å². The van der Waals surface area contributed by atoms with Gasteiger partial charge in [-0.25, -0.2) is 0 Å². The van der Waals surface area contributed by atoms with Gasteiger partial charge in [-0.3, -0.25) is 4.79 Å². The van der Waals surface area contributed by atoms with Crippen LogP contribution in [-0.2, 0) is 9.53 Å². The van der Waals surface area contributed by atoms with Crippen LogP contribution in [0, 0.1) is 0 Å². The van der Waals surface area contributed by atoms with Gasteiger partial charge in [-0.15, -0.1) is 0 Å². The Kier molecular flexibility index (Phi) is 5.53. The Balaban J connectivity index is 2.09. The Morgan fingerprint density at radius 3 is 2.43 bits per heavy atom. The summed E-state index contributed by atoms with van der Waals surface area (Å²) in [7, 11) is 0. The molecule has 0 unspecified atom stereocenters. The van der Waals surface area contributed by atoms with Gasteiger partial charge in [0.2, 0.25) is 17.8 Å². The van der Waals surface area contributed by atoms with Crippen LogP contribution in [0.15, 0.2) is 0 Å². The highest BCUT2D eigenvalue weighted by Crippen LogP contribution is 2.18. The fraction of sp³-hybridized carbons (Fsp3) is 0.692. The fourth-order valence-corrected chi connectivity index (χ4v) is 2.10. The van der Waals surface area contributed by atoms with E-state index in [0.29, 0.717) is 24.5 Å². The van der Waals surface area contributed by atoms with Crippen LogP contribution in [0.5, 0.6) is 0 Å². The van der Waals surface area contributed by atoms with Crippen LogP contribution < -0.4 is 15.5 Å². The monoisotopic (exact) mass is 294 g/mol. The molecule has 1 saturated heterocycles. The maximum absolute atomic E-state index is 11.4. The van der Waals surface area contributed by atoms with Gasteiger partial charge in [0.05, 0.1) is 6.61 Å². The SMILES string of the molecule is CCNc1nc(NCC(=O)OCC)nc(N2CCCC2)n1. The van der Waals surface area contributed by atoms with Crippen LogP contribution in [-0.4, -0.2) is 53.7 Å². The largest absolute Gasteiger partial charge is 0.465 e. The molecule has 1 fully saturated rings. The number of ether oxygens (including phenoxy) is 1. The van der Waals surface area contributed by atoms with E-state index in [-0.39, 0.29) is 12.5 Å². The molecule has 1 aromatic rings. The molecular formula is C13H22N6O2. The number of carbonyl (C=O) groups excluding carboxylic acids is 1. The fourth-order valence-electron chi connectivity index (χ4n) is 2.10. The number of esters is 1. The number of hydrogen-bond acceptors (Lipinski definition) is 8. The molecule has 0 aliphatic carbocycles. The standard InChI is InChI=1S/C13H22N6O2/c1-3-14-11-16-12(15-9-10(20)21-4-2)18-13(17-11)19-7-5-6-8-19/h3-9H2,1-2H3,(H2,14,15,16,17,18). The number of nitrogens with one attached hydrogen (secondary N) is 2. The van der Waals surface area contributed by atoms with Crippen molar-refractivity contribution in [2.75, 3.05) is 48.3 Å². The Morgan fingerprint density at radius 1 is 1.14 bits per heavy atom. The van der Waals surface area contributed by atoms with E-state index in [1.807, 2.05) is 6.92 Å². The minimum absolute atomic E-state index is 0.0445. The summed E-state index contributed by atoms with van der Waals surface area (Å²) in [4.78, 5) is 26.5. The quantitative estimate of drug-likeness (QED) is 0.716. The van der Waals surface area contributed by atoms with E-state index < -0.39 is 0 Å². The highest BCUT2D eigenvalue weighted by Gasteiger charge is 2.17. The van der Waals surface area contributed by atoms with Gasteiger partial charge >= 0.3 is 5.97 Å². The normalized spacial score (nSPS) is 14.1. The summed E-state index contributed by atoms with van der Waals surface area (Å²) >= 11 is 0. The first kappa shape index (κ1) is 15.3. The third-order valence-electron chi connectivity index (χ3n) is 3.04. The van der Waals surface area contributed by atoms with Crippen molar-refractivity contribution in [2.45, 2.75) is 26.7 Å². The van der Waals surface area contributed by atoms with Crippen LogP contribution in [0.2, 0.25) is 0 Å². The maximum atomic E-state index is 11.4. The van der Waals surface area contributed by atoms with Gasteiger partial charge in [0.25, 0.3) is 0 Å². The Hall–Kier alpha value is -2.12. The van der Waals surface area contributed by atoms with Crippen molar-refractivity contribution in [1.82, 2.24) is 15.0 Å². The zero-order valence-corrected chi connectivity index (χ0v) is 12.6. The lowest BCUT2D eigenvalue weighted by Gasteiger charge is -2.17. The Morgan fingerprint density at radius 2 is 1.81 bits per heavy atom. The molecule has 1 aromatic heterocycles. The molecule has 8 heteroatoms. The molecule has 2 N–H and O–H groups in total. The number of rotatable bonds is 7. The zero-order chi connectivity index (χ0) is 15.1. The number of nitrogens with zero attached hydrogens (tertiary/aromatic N) is 4. The lowest BCUT2D eigenvalue weighted by molar-refractivity contribution is -0.140. The predicted octanol–water partition coefficient (Wildman–Crippen LogP) is 0.879. The molecule has 0 aromatic carbocycles. The second kappa shape index (κ2) is 7.61. The van der Waals surface area contributed by atoms with Crippen molar-refractivity contribution in [1.29, 1.82) is 0 Å². The highest BCUT2D eigenvalue weighted by atomic mass is 16.5. The molecule has 0 saturated carbocycles. The molecule has 2 rings (SSSR count). The summed E-state index contributed by atoms with van der Waals surface area (Å²) in [5, 5.41) is 5.97. The minimum atomic E-state index is -0.328. The molecule has 0 spiro atoms. The lowest BCUT2D eigenvalue weighted by atomic mass is 10.4. The van der Waals surface area contributed by atoms with Crippen molar-refractivity contribution in [3.8, 4) is 0 Å². The lowest BCUT2D eigenvalue weighted by Crippen LogP contribution is -2.24. The Bertz CT molecular complexity index is 476. The third-order valence-corrected chi connectivity index (χ3v) is 3.04. The minimum Gasteiger partial charge on any atom is -0.465 e. The molecule has 1 aliphatic rings. The average molecular weight is 294 g/mol. The van der Waals surface area contributed by atoms with Gasteiger partial charge in [0.1, 0.15) is 6.54 Å².